The first-order valence-electron chi connectivity index (χ1n) is 8.20. The van der Waals surface area contributed by atoms with Gasteiger partial charge in [0.15, 0.2) is 5.65 Å². The number of aryl methyl sites for hydroxylation is 1. The predicted molar refractivity (Wildman–Crippen MR) is 88.8 cm³/mol. The van der Waals surface area contributed by atoms with Crippen LogP contribution in [0.5, 0.6) is 0 Å². The normalized spacial score (nSPS) is 14.4. The highest BCUT2D eigenvalue weighted by Crippen LogP contribution is 2.44. The summed E-state index contributed by atoms with van der Waals surface area (Å²) in [5, 5.41) is 19.1. The number of carbonyl (C=O) groups is 1. The molecule has 0 atom stereocenters. The average Bonchev–Trinajstić information content (AvgIpc) is 3.25. The zero-order chi connectivity index (χ0) is 16.8. The lowest BCUT2D eigenvalue weighted by Crippen LogP contribution is -2.10. The summed E-state index contributed by atoms with van der Waals surface area (Å²) in [6.07, 6.45) is 5.79. The molecule has 0 radical (unpaired) electrons. The first-order valence-corrected chi connectivity index (χ1v) is 8.20. The van der Waals surface area contributed by atoms with Gasteiger partial charge in [-0.05, 0) is 38.3 Å². The van der Waals surface area contributed by atoms with E-state index in [1.807, 2.05) is 16.9 Å². The Balaban J connectivity index is 1.97. The molecule has 3 aromatic heterocycles. The first kappa shape index (κ1) is 14.9. The second-order valence-corrected chi connectivity index (χ2v) is 6.23. The number of hydrogen-bond acceptors (Lipinski definition) is 4. The van der Waals surface area contributed by atoms with Crippen LogP contribution < -0.4 is 0 Å². The zero-order valence-electron chi connectivity index (χ0n) is 13.7. The summed E-state index contributed by atoms with van der Waals surface area (Å²) in [6, 6.07) is 1.98. The molecule has 4 rings (SSSR count). The van der Waals surface area contributed by atoms with Gasteiger partial charge in [-0.3, -0.25) is 9.48 Å². The molecule has 124 valence electrons. The summed E-state index contributed by atoms with van der Waals surface area (Å²) >= 11 is 0. The molecule has 0 aliphatic heterocycles. The number of rotatable bonds is 5. The molecule has 0 aromatic carbocycles. The van der Waals surface area contributed by atoms with Crippen molar-refractivity contribution in [1.82, 2.24) is 24.5 Å². The predicted octanol–water partition coefficient (Wildman–Crippen LogP) is 2.59. The average molecular weight is 325 g/mol. The molecule has 0 bridgehead atoms. The maximum atomic E-state index is 11.2. The molecule has 1 N–H and O–H groups in total. The van der Waals surface area contributed by atoms with Gasteiger partial charge in [-0.2, -0.15) is 10.2 Å². The number of hydrogen-bond donors (Lipinski definition) is 1. The highest BCUT2D eigenvalue weighted by Gasteiger charge is 2.31. The SMILES string of the molecule is CCn1ncc(-c2ccnc3c2c(C2CC2)nn3CC(=O)O)c1C. The fraction of sp³-hybridized carbons (Fsp3) is 0.412. The van der Waals surface area contributed by atoms with Crippen molar-refractivity contribution in [2.45, 2.75) is 45.7 Å². The van der Waals surface area contributed by atoms with Crippen LogP contribution in [0.15, 0.2) is 18.5 Å². The molecule has 0 spiro atoms. The molecular formula is C17H19N5O2. The second kappa shape index (κ2) is 5.43. The van der Waals surface area contributed by atoms with E-state index in [4.69, 9.17) is 5.11 Å². The quantitative estimate of drug-likeness (QED) is 0.779. The number of aliphatic carboxylic acids is 1. The van der Waals surface area contributed by atoms with Crippen LogP contribution in [-0.2, 0) is 17.9 Å². The number of nitrogens with zero attached hydrogens (tertiary/aromatic N) is 5. The molecule has 1 aliphatic carbocycles. The minimum atomic E-state index is -0.913. The van der Waals surface area contributed by atoms with Gasteiger partial charge in [-0.15, -0.1) is 0 Å². The fourth-order valence-electron chi connectivity index (χ4n) is 3.26. The fourth-order valence-corrected chi connectivity index (χ4v) is 3.26. The molecular weight excluding hydrogens is 306 g/mol. The van der Waals surface area contributed by atoms with Crippen LogP contribution in [0, 0.1) is 6.92 Å². The van der Waals surface area contributed by atoms with Gasteiger partial charge in [0.25, 0.3) is 0 Å². The summed E-state index contributed by atoms with van der Waals surface area (Å²) in [7, 11) is 0. The standard InChI is InChI=1S/C17H19N5O2/c1-3-21-10(2)13(8-19-21)12-6-7-18-17-15(12)16(11-4-5-11)20-22(17)9-14(23)24/h6-8,11H,3-5,9H2,1-2H3,(H,23,24). The topological polar surface area (TPSA) is 85.8 Å². The van der Waals surface area contributed by atoms with Crippen molar-refractivity contribution in [2.24, 2.45) is 0 Å². The van der Waals surface area contributed by atoms with Crippen molar-refractivity contribution in [2.75, 3.05) is 0 Å². The maximum Gasteiger partial charge on any atom is 0.325 e. The minimum absolute atomic E-state index is 0.174. The third-order valence-electron chi connectivity index (χ3n) is 4.60. The van der Waals surface area contributed by atoms with Crippen LogP contribution in [0.2, 0.25) is 0 Å². The molecule has 0 saturated heterocycles. The molecule has 1 saturated carbocycles. The highest BCUT2D eigenvalue weighted by atomic mass is 16.4. The molecule has 0 amide bonds. The smallest absolute Gasteiger partial charge is 0.325 e. The monoisotopic (exact) mass is 325 g/mol. The van der Waals surface area contributed by atoms with Gasteiger partial charge in [0.1, 0.15) is 6.54 Å². The number of carboxylic acids is 1. The van der Waals surface area contributed by atoms with Crippen molar-refractivity contribution < 1.29 is 9.90 Å². The van der Waals surface area contributed by atoms with Crippen LogP contribution in [-0.4, -0.2) is 35.6 Å². The lowest BCUT2D eigenvalue weighted by Gasteiger charge is -2.05. The molecule has 0 unspecified atom stereocenters. The van der Waals surface area contributed by atoms with Crippen LogP contribution in [0.1, 0.15) is 37.1 Å². The van der Waals surface area contributed by atoms with E-state index in [-0.39, 0.29) is 6.54 Å². The maximum absolute atomic E-state index is 11.2. The number of aromatic nitrogens is 5. The van der Waals surface area contributed by atoms with Gasteiger partial charge >= 0.3 is 5.97 Å². The van der Waals surface area contributed by atoms with E-state index >= 15 is 0 Å². The van der Waals surface area contributed by atoms with Crippen molar-refractivity contribution >= 4 is 17.0 Å². The van der Waals surface area contributed by atoms with Gasteiger partial charge in [0.05, 0.1) is 17.3 Å². The van der Waals surface area contributed by atoms with Crippen LogP contribution in [0.3, 0.4) is 0 Å². The number of carboxylic acid groups (broad SMARTS) is 1. The lowest BCUT2D eigenvalue weighted by molar-refractivity contribution is -0.137. The number of pyridine rings is 1. The van der Waals surface area contributed by atoms with Gasteiger partial charge in [0, 0.05) is 29.9 Å². The molecule has 3 aromatic rings. The van der Waals surface area contributed by atoms with Crippen LogP contribution in [0.4, 0.5) is 0 Å². The Morgan fingerprint density at radius 1 is 1.33 bits per heavy atom. The van der Waals surface area contributed by atoms with E-state index in [0.29, 0.717) is 11.6 Å². The summed E-state index contributed by atoms with van der Waals surface area (Å²) in [6.45, 7) is 4.75. The third kappa shape index (κ3) is 2.28. The Labute approximate surface area is 138 Å². The Morgan fingerprint density at radius 2 is 2.12 bits per heavy atom. The molecule has 3 heterocycles. The van der Waals surface area contributed by atoms with Crippen molar-refractivity contribution in [3.63, 3.8) is 0 Å². The molecule has 7 heteroatoms. The summed E-state index contributed by atoms with van der Waals surface area (Å²) in [5.41, 5.74) is 4.80. The first-order chi connectivity index (χ1) is 11.6. The Hall–Kier alpha value is -2.70. The number of fused-ring (bicyclic) bond motifs is 1. The summed E-state index contributed by atoms with van der Waals surface area (Å²) in [4.78, 5) is 15.6. The molecule has 7 nitrogen and oxygen atoms in total. The van der Waals surface area contributed by atoms with E-state index in [0.717, 1.165) is 47.3 Å². The van der Waals surface area contributed by atoms with Gasteiger partial charge in [-0.1, -0.05) is 0 Å². The summed E-state index contributed by atoms with van der Waals surface area (Å²) < 4.78 is 3.47. The minimum Gasteiger partial charge on any atom is -0.480 e. The third-order valence-corrected chi connectivity index (χ3v) is 4.60. The van der Waals surface area contributed by atoms with E-state index in [1.165, 1.54) is 4.68 Å². The van der Waals surface area contributed by atoms with Crippen LogP contribution in [0.25, 0.3) is 22.2 Å². The van der Waals surface area contributed by atoms with Gasteiger partial charge < -0.3 is 5.11 Å². The van der Waals surface area contributed by atoms with E-state index in [2.05, 4.69) is 29.0 Å². The van der Waals surface area contributed by atoms with E-state index in [9.17, 15) is 4.79 Å². The molecule has 24 heavy (non-hydrogen) atoms. The largest absolute Gasteiger partial charge is 0.480 e. The Morgan fingerprint density at radius 3 is 2.75 bits per heavy atom. The van der Waals surface area contributed by atoms with E-state index in [1.54, 1.807) is 6.20 Å². The molecule has 1 fully saturated rings. The van der Waals surface area contributed by atoms with E-state index < -0.39 is 5.97 Å². The lowest BCUT2D eigenvalue weighted by atomic mass is 10.0. The van der Waals surface area contributed by atoms with Crippen molar-refractivity contribution in [3.8, 4) is 11.1 Å². The van der Waals surface area contributed by atoms with Crippen LogP contribution >= 0.6 is 0 Å². The van der Waals surface area contributed by atoms with Gasteiger partial charge in [0.2, 0.25) is 0 Å². The second-order valence-electron chi connectivity index (χ2n) is 6.23. The Bertz CT molecular complexity index is 936. The summed E-state index contributed by atoms with van der Waals surface area (Å²) in [5.74, 6) is -0.504. The Kier molecular flexibility index (Phi) is 3.37. The zero-order valence-corrected chi connectivity index (χ0v) is 13.7. The molecule has 1 aliphatic rings. The van der Waals surface area contributed by atoms with Crippen molar-refractivity contribution in [1.29, 1.82) is 0 Å². The highest BCUT2D eigenvalue weighted by molar-refractivity contribution is 5.96. The van der Waals surface area contributed by atoms with Crippen molar-refractivity contribution in [3.05, 3.63) is 29.8 Å². The van der Waals surface area contributed by atoms with Gasteiger partial charge in [-0.25, -0.2) is 9.67 Å².